The largest absolute Gasteiger partial charge is 0.494 e. The second kappa shape index (κ2) is 9.92. The third kappa shape index (κ3) is 5.82. The number of piperidine rings is 1. The molecule has 2 aliphatic rings. The van der Waals surface area contributed by atoms with Crippen LogP contribution >= 0.6 is 0 Å². The van der Waals surface area contributed by atoms with Crippen molar-refractivity contribution >= 4 is 17.9 Å². The highest BCUT2D eigenvalue weighted by Gasteiger charge is 2.33. The molecular formula is C23H32N2O4. The first kappa shape index (κ1) is 21.4. The summed E-state index contributed by atoms with van der Waals surface area (Å²) in [5.74, 6) is 1.04. The normalized spacial score (nSPS) is 23.4. The van der Waals surface area contributed by atoms with E-state index < -0.39 is 0 Å². The highest BCUT2D eigenvalue weighted by atomic mass is 16.5. The van der Waals surface area contributed by atoms with Crippen LogP contribution in [0.3, 0.4) is 0 Å². The summed E-state index contributed by atoms with van der Waals surface area (Å²) in [4.78, 5) is 29.1. The van der Waals surface area contributed by atoms with E-state index in [1.165, 1.54) is 0 Å². The van der Waals surface area contributed by atoms with Crippen LogP contribution < -0.4 is 4.74 Å². The second-order valence-electron chi connectivity index (χ2n) is 7.94. The van der Waals surface area contributed by atoms with Gasteiger partial charge in [0.25, 0.3) is 0 Å². The van der Waals surface area contributed by atoms with Gasteiger partial charge in [0.05, 0.1) is 18.8 Å². The molecule has 2 unspecified atom stereocenters. The number of rotatable bonds is 5. The Hall–Kier alpha value is -2.34. The number of ether oxygens (including phenoxy) is 2. The predicted octanol–water partition coefficient (Wildman–Crippen LogP) is 2.97. The molecule has 0 aromatic heterocycles. The summed E-state index contributed by atoms with van der Waals surface area (Å²) in [5, 5.41) is 0. The number of carbonyl (C=O) groups excluding carboxylic acids is 2. The monoisotopic (exact) mass is 400 g/mol. The SMILES string of the molecule is CCOc1ccc(/C=C/C(=O)N2CCC(C(=O)N3CC(C)OC(C)C3)CC2)cc1. The number of carbonyl (C=O) groups is 2. The number of nitrogens with zero attached hydrogens (tertiary/aromatic N) is 2. The van der Waals surface area contributed by atoms with E-state index in [1.807, 2.05) is 60.9 Å². The van der Waals surface area contributed by atoms with Gasteiger partial charge in [-0.25, -0.2) is 0 Å². The Labute approximate surface area is 173 Å². The van der Waals surface area contributed by atoms with Crippen molar-refractivity contribution in [2.75, 3.05) is 32.8 Å². The van der Waals surface area contributed by atoms with Crippen LogP contribution in [0.5, 0.6) is 5.75 Å². The summed E-state index contributed by atoms with van der Waals surface area (Å²) in [7, 11) is 0. The molecule has 3 rings (SSSR count). The van der Waals surface area contributed by atoms with Gasteiger partial charge in [-0.15, -0.1) is 0 Å². The molecule has 2 fully saturated rings. The summed E-state index contributed by atoms with van der Waals surface area (Å²) in [5.41, 5.74) is 0.961. The predicted molar refractivity (Wildman–Crippen MR) is 113 cm³/mol. The molecule has 6 heteroatoms. The minimum Gasteiger partial charge on any atom is -0.494 e. The first-order valence-corrected chi connectivity index (χ1v) is 10.6. The summed E-state index contributed by atoms with van der Waals surface area (Å²) in [6.07, 6.45) is 5.05. The topological polar surface area (TPSA) is 59.1 Å². The van der Waals surface area contributed by atoms with E-state index in [0.29, 0.717) is 32.8 Å². The molecule has 0 bridgehead atoms. The van der Waals surface area contributed by atoms with E-state index in [4.69, 9.17) is 9.47 Å². The lowest BCUT2D eigenvalue weighted by Gasteiger charge is -2.39. The number of hydrogen-bond donors (Lipinski definition) is 0. The molecule has 2 aliphatic heterocycles. The maximum atomic E-state index is 12.8. The van der Waals surface area contributed by atoms with Gasteiger partial charge in [-0.2, -0.15) is 0 Å². The third-order valence-electron chi connectivity index (χ3n) is 5.50. The van der Waals surface area contributed by atoms with Crippen molar-refractivity contribution in [2.24, 2.45) is 5.92 Å². The molecule has 29 heavy (non-hydrogen) atoms. The lowest BCUT2D eigenvalue weighted by Crippen LogP contribution is -2.51. The number of hydrogen-bond acceptors (Lipinski definition) is 4. The minimum atomic E-state index is -0.00148. The fourth-order valence-corrected chi connectivity index (χ4v) is 4.08. The molecule has 6 nitrogen and oxygen atoms in total. The maximum Gasteiger partial charge on any atom is 0.246 e. The van der Waals surface area contributed by atoms with Crippen LogP contribution in [-0.2, 0) is 14.3 Å². The van der Waals surface area contributed by atoms with Crippen LogP contribution in [0.25, 0.3) is 6.08 Å². The van der Waals surface area contributed by atoms with Crippen molar-refractivity contribution in [2.45, 2.75) is 45.8 Å². The van der Waals surface area contributed by atoms with E-state index in [2.05, 4.69) is 0 Å². The van der Waals surface area contributed by atoms with Crippen molar-refractivity contribution in [1.29, 1.82) is 0 Å². The summed E-state index contributed by atoms with van der Waals surface area (Å²) < 4.78 is 11.2. The first-order valence-electron chi connectivity index (χ1n) is 10.6. The smallest absolute Gasteiger partial charge is 0.246 e. The van der Waals surface area contributed by atoms with E-state index in [9.17, 15) is 9.59 Å². The van der Waals surface area contributed by atoms with E-state index in [-0.39, 0.29) is 29.9 Å². The molecule has 0 saturated carbocycles. The highest BCUT2D eigenvalue weighted by Crippen LogP contribution is 2.22. The molecule has 0 N–H and O–H groups in total. The Bertz CT molecular complexity index is 713. The van der Waals surface area contributed by atoms with Gasteiger partial charge in [-0.1, -0.05) is 12.1 Å². The Kier molecular flexibility index (Phi) is 7.31. The zero-order valence-electron chi connectivity index (χ0n) is 17.7. The lowest BCUT2D eigenvalue weighted by atomic mass is 9.94. The number of amides is 2. The molecule has 0 radical (unpaired) electrons. The Morgan fingerprint density at radius 3 is 2.28 bits per heavy atom. The van der Waals surface area contributed by atoms with Crippen LogP contribution in [0.1, 0.15) is 39.2 Å². The summed E-state index contributed by atoms with van der Waals surface area (Å²) >= 11 is 0. The van der Waals surface area contributed by atoms with Gasteiger partial charge in [0.15, 0.2) is 0 Å². The van der Waals surface area contributed by atoms with Crippen LogP contribution in [0, 0.1) is 5.92 Å². The molecule has 158 valence electrons. The maximum absolute atomic E-state index is 12.8. The van der Waals surface area contributed by atoms with Gasteiger partial charge in [0.1, 0.15) is 5.75 Å². The van der Waals surface area contributed by atoms with Crippen molar-refractivity contribution in [3.63, 3.8) is 0 Å². The van der Waals surface area contributed by atoms with Crippen LogP contribution in [0.2, 0.25) is 0 Å². The highest BCUT2D eigenvalue weighted by molar-refractivity contribution is 5.92. The third-order valence-corrected chi connectivity index (χ3v) is 5.50. The molecular weight excluding hydrogens is 368 g/mol. The van der Waals surface area contributed by atoms with Crippen molar-refractivity contribution in [1.82, 2.24) is 9.80 Å². The average Bonchev–Trinajstić information content (AvgIpc) is 2.72. The number of likely N-dealkylation sites (tertiary alicyclic amines) is 1. The van der Waals surface area contributed by atoms with Crippen molar-refractivity contribution in [3.8, 4) is 5.75 Å². The first-order chi connectivity index (χ1) is 14.0. The van der Waals surface area contributed by atoms with Gasteiger partial charge in [0.2, 0.25) is 11.8 Å². The Balaban J connectivity index is 1.48. The van der Waals surface area contributed by atoms with Crippen molar-refractivity contribution < 1.29 is 19.1 Å². The molecule has 2 heterocycles. The van der Waals surface area contributed by atoms with Gasteiger partial charge < -0.3 is 19.3 Å². The van der Waals surface area contributed by atoms with Crippen LogP contribution in [0.4, 0.5) is 0 Å². The standard InChI is InChI=1S/C23H32N2O4/c1-4-28-21-8-5-19(6-9-21)7-10-22(26)24-13-11-20(12-14-24)23(27)25-15-17(2)29-18(3)16-25/h5-10,17-18,20H,4,11-16H2,1-3H3/b10-7+. The Morgan fingerprint density at radius 2 is 1.69 bits per heavy atom. The van der Waals surface area contributed by atoms with Crippen LogP contribution in [-0.4, -0.2) is 66.6 Å². The fraction of sp³-hybridized carbons (Fsp3) is 0.565. The molecule has 0 spiro atoms. The van der Waals surface area contributed by atoms with Gasteiger partial charge >= 0.3 is 0 Å². The minimum absolute atomic E-state index is 0.00148. The van der Waals surface area contributed by atoms with E-state index >= 15 is 0 Å². The summed E-state index contributed by atoms with van der Waals surface area (Å²) in [6.45, 7) is 9.17. The zero-order chi connectivity index (χ0) is 20.8. The molecule has 1 aromatic carbocycles. The number of benzene rings is 1. The molecule has 1 aromatic rings. The molecule has 2 atom stereocenters. The average molecular weight is 401 g/mol. The van der Waals surface area contributed by atoms with Crippen molar-refractivity contribution in [3.05, 3.63) is 35.9 Å². The van der Waals surface area contributed by atoms with E-state index in [0.717, 1.165) is 24.2 Å². The Morgan fingerprint density at radius 1 is 1.07 bits per heavy atom. The van der Waals surface area contributed by atoms with Gasteiger partial charge in [0, 0.05) is 38.2 Å². The summed E-state index contributed by atoms with van der Waals surface area (Å²) in [6, 6.07) is 7.67. The van der Waals surface area contributed by atoms with E-state index in [1.54, 1.807) is 6.08 Å². The fourth-order valence-electron chi connectivity index (χ4n) is 4.08. The molecule has 2 amide bonds. The quantitative estimate of drug-likeness (QED) is 0.713. The number of morpholine rings is 1. The van der Waals surface area contributed by atoms with Crippen LogP contribution in [0.15, 0.2) is 30.3 Å². The van der Waals surface area contributed by atoms with Gasteiger partial charge in [-0.05, 0) is 57.4 Å². The second-order valence-corrected chi connectivity index (χ2v) is 7.94. The molecule has 2 saturated heterocycles. The van der Waals surface area contributed by atoms with Gasteiger partial charge in [-0.3, -0.25) is 9.59 Å². The lowest BCUT2D eigenvalue weighted by molar-refractivity contribution is -0.149. The zero-order valence-corrected chi connectivity index (χ0v) is 17.7. The molecule has 0 aliphatic carbocycles.